The maximum Gasteiger partial charge on any atom is 0.191 e. The molecule has 5 nitrogen and oxygen atoms in total. The summed E-state index contributed by atoms with van der Waals surface area (Å²) in [6.45, 7) is 7.01. The van der Waals surface area contributed by atoms with E-state index in [4.69, 9.17) is 9.41 Å². The van der Waals surface area contributed by atoms with E-state index in [9.17, 15) is 0 Å². The molecule has 0 radical (unpaired) electrons. The third kappa shape index (κ3) is 5.17. The van der Waals surface area contributed by atoms with Crippen LogP contribution in [0.4, 0.5) is 0 Å². The summed E-state index contributed by atoms with van der Waals surface area (Å²) in [5.41, 5.74) is 0.306. The van der Waals surface area contributed by atoms with Gasteiger partial charge < -0.3 is 15.1 Å². The normalized spacial score (nSPS) is 21.9. The van der Waals surface area contributed by atoms with E-state index < -0.39 is 0 Å². The molecule has 1 aromatic heterocycles. The Balaban J connectivity index is 1.63. The van der Waals surface area contributed by atoms with Gasteiger partial charge in [-0.05, 0) is 31.9 Å². The highest BCUT2D eigenvalue weighted by atomic mass is 32.2. The third-order valence-electron chi connectivity index (χ3n) is 5.37. The molecule has 0 aromatic carbocycles. The van der Waals surface area contributed by atoms with Crippen LogP contribution in [0.1, 0.15) is 44.8 Å². The van der Waals surface area contributed by atoms with Crippen LogP contribution in [0.2, 0.25) is 0 Å². The van der Waals surface area contributed by atoms with E-state index in [0.717, 1.165) is 24.8 Å². The fraction of sp³-hybridized carbons (Fsp3) is 0.737. The number of thioether (sulfide) groups is 1. The average Bonchev–Trinajstić information content (AvgIpc) is 3.19. The van der Waals surface area contributed by atoms with Gasteiger partial charge in [-0.1, -0.05) is 19.3 Å². The molecule has 1 saturated carbocycles. The molecule has 0 spiro atoms. The molecular weight excluding hydrogens is 332 g/mol. The van der Waals surface area contributed by atoms with Gasteiger partial charge in [-0.2, -0.15) is 11.8 Å². The second kappa shape index (κ2) is 9.53. The summed E-state index contributed by atoms with van der Waals surface area (Å²) < 4.78 is 5.40. The Morgan fingerprint density at radius 1 is 1.24 bits per heavy atom. The first-order valence-corrected chi connectivity index (χ1v) is 10.9. The fourth-order valence-corrected chi connectivity index (χ4v) is 4.91. The van der Waals surface area contributed by atoms with Gasteiger partial charge in [-0.25, -0.2) is 4.99 Å². The molecular formula is C19H32N4OS. The number of aliphatic imine (C=N–C) groups is 1. The Hall–Kier alpha value is -1.14. The zero-order chi connectivity index (χ0) is 17.4. The van der Waals surface area contributed by atoms with Crippen molar-refractivity contribution in [3.63, 3.8) is 0 Å². The van der Waals surface area contributed by atoms with E-state index in [1.807, 2.05) is 12.1 Å². The lowest BCUT2D eigenvalue weighted by Gasteiger charge is -2.48. The van der Waals surface area contributed by atoms with E-state index in [0.29, 0.717) is 12.1 Å². The van der Waals surface area contributed by atoms with Crippen molar-refractivity contribution in [2.24, 2.45) is 4.99 Å². The van der Waals surface area contributed by atoms with Crippen molar-refractivity contribution in [1.82, 2.24) is 15.5 Å². The summed E-state index contributed by atoms with van der Waals surface area (Å²) in [6, 6.07) is 3.89. The highest BCUT2D eigenvalue weighted by molar-refractivity contribution is 7.99. The van der Waals surface area contributed by atoms with Crippen LogP contribution < -0.4 is 10.6 Å². The smallest absolute Gasteiger partial charge is 0.191 e. The molecule has 25 heavy (non-hydrogen) atoms. The summed E-state index contributed by atoms with van der Waals surface area (Å²) in [5, 5.41) is 7.02. The van der Waals surface area contributed by atoms with Crippen molar-refractivity contribution in [3.05, 3.63) is 24.2 Å². The van der Waals surface area contributed by atoms with Gasteiger partial charge in [0.1, 0.15) is 12.3 Å². The van der Waals surface area contributed by atoms with Crippen molar-refractivity contribution < 1.29 is 4.42 Å². The number of hydrogen-bond acceptors (Lipinski definition) is 4. The molecule has 1 aromatic rings. The van der Waals surface area contributed by atoms with Gasteiger partial charge in [0.2, 0.25) is 0 Å². The first kappa shape index (κ1) is 18.6. The molecule has 6 heteroatoms. The Morgan fingerprint density at radius 2 is 2.04 bits per heavy atom. The van der Waals surface area contributed by atoms with E-state index in [2.05, 4.69) is 34.2 Å². The number of furan rings is 1. The van der Waals surface area contributed by atoms with E-state index in [1.165, 1.54) is 56.7 Å². The van der Waals surface area contributed by atoms with Gasteiger partial charge in [-0.3, -0.25) is 4.90 Å². The number of nitrogens with one attached hydrogen (secondary N) is 2. The number of rotatable bonds is 6. The summed E-state index contributed by atoms with van der Waals surface area (Å²) in [7, 11) is 0. The van der Waals surface area contributed by atoms with Crippen LogP contribution in [-0.4, -0.2) is 54.1 Å². The Bertz CT molecular complexity index is 520. The van der Waals surface area contributed by atoms with Gasteiger partial charge >= 0.3 is 0 Å². The maximum absolute atomic E-state index is 5.40. The second-order valence-electron chi connectivity index (χ2n) is 7.01. The molecule has 3 rings (SSSR count). The van der Waals surface area contributed by atoms with E-state index in [-0.39, 0.29) is 0 Å². The standard InChI is InChI=1S/C19H32N4OS/c1-2-20-18(21-15-17-7-6-12-24-17)22-16-19(8-4-3-5-9-19)23-10-13-25-14-11-23/h6-7,12H,2-5,8-11,13-16H2,1H3,(H2,20,21,22). The van der Waals surface area contributed by atoms with Crippen molar-refractivity contribution in [2.75, 3.05) is 37.7 Å². The molecule has 2 aliphatic rings. The van der Waals surface area contributed by atoms with E-state index in [1.54, 1.807) is 6.26 Å². The van der Waals surface area contributed by atoms with Crippen molar-refractivity contribution in [1.29, 1.82) is 0 Å². The zero-order valence-electron chi connectivity index (χ0n) is 15.4. The van der Waals surface area contributed by atoms with Crippen LogP contribution >= 0.6 is 11.8 Å². The predicted octanol–water partition coefficient (Wildman–Crippen LogP) is 3.09. The van der Waals surface area contributed by atoms with Crippen molar-refractivity contribution >= 4 is 17.7 Å². The summed E-state index contributed by atoms with van der Waals surface area (Å²) in [4.78, 5) is 7.45. The van der Waals surface area contributed by atoms with Gasteiger partial charge in [0.05, 0.1) is 6.26 Å². The molecule has 1 aliphatic heterocycles. The monoisotopic (exact) mass is 364 g/mol. The molecule has 2 fully saturated rings. The number of nitrogens with zero attached hydrogens (tertiary/aromatic N) is 2. The molecule has 1 aliphatic carbocycles. The third-order valence-corrected chi connectivity index (χ3v) is 6.31. The molecule has 2 heterocycles. The molecule has 0 amide bonds. The highest BCUT2D eigenvalue weighted by Gasteiger charge is 2.38. The molecule has 1 saturated heterocycles. The molecule has 140 valence electrons. The summed E-state index contributed by atoms with van der Waals surface area (Å²) >= 11 is 2.09. The lowest BCUT2D eigenvalue weighted by atomic mass is 9.80. The van der Waals surface area contributed by atoms with Gasteiger partial charge in [-0.15, -0.1) is 0 Å². The van der Waals surface area contributed by atoms with E-state index >= 15 is 0 Å². The highest BCUT2D eigenvalue weighted by Crippen LogP contribution is 2.34. The first-order valence-electron chi connectivity index (χ1n) is 9.70. The SMILES string of the molecule is CCNC(=NCc1ccco1)NCC1(N2CCSCC2)CCCCC1. The van der Waals surface area contributed by atoms with Crippen LogP contribution in [0.3, 0.4) is 0 Å². The van der Waals surface area contributed by atoms with Crippen molar-refractivity contribution in [3.8, 4) is 0 Å². The largest absolute Gasteiger partial charge is 0.467 e. The zero-order valence-corrected chi connectivity index (χ0v) is 16.2. The number of hydrogen-bond donors (Lipinski definition) is 2. The Morgan fingerprint density at radius 3 is 2.72 bits per heavy atom. The average molecular weight is 365 g/mol. The van der Waals surface area contributed by atoms with Crippen molar-refractivity contribution in [2.45, 2.75) is 51.1 Å². The molecule has 0 bridgehead atoms. The summed E-state index contributed by atoms with van der Waals surface area (Å²) in [6.07, 6.45) is 8.41. The quantitative estimate of drug-likeness (QED) is 0.600. The second-order valence-corrected chi connectivity index (χ2v) is 8.24. The first-order chi connectivity index (χ1) is 12.3. The topological polar surface area (TPSA) is 52.8 Å². The predicted molar refractivity (Wildman–Crippen MR) is 106 cm³/mol. The molecule has 0 atom stereocenters. The van der Waals surface area contributed by atoms with Crippen LogP contribution in [0.25, 0.3) is 0 Å². The Kier molecular flexibility index (Phi) is 7.11. The van der Waals surface area contributed by atoms with Crippen LogP contribution in [0.15, 0.2) is 27.8 Å². The Labute approximate surface area is 156 Å². The van der Waals surface area contributed by atoms with Crippen LogP contribution in [0, 0.1) is 0 Å². The van der Waals surface area contributed by atoms with Gasteiger partial charge in [0, 0.05) is 43.2 Å². The lowest BCUT2D eigenvalue weighted by molar-refractivity contribution is 0.0626. The minimum Gasteiger partial charge on any atom is -0.467 e. The summed E-state index contributed by atoms with van der Waals surface area (Å²) in [5.74, 6) is 4.34. The lowest BCUT2D eigenvalue weighted by Crippen LogP contribution is -2.59. The minimum atomic E-state index is 0.306. The van der Waals surface area contributed by atoms with Gasteiger partial charge in [0.15, 0.2) is 5.96 Å². The molecule has 0 unspecified atom stereocenters. The minimum absolute atomic E-state index is 0.306. The fourth-order valence-electron chi connectivity index (χ4n) is 4.00. The van der Waals surface area contributed by atoms with Crippen LogP contribution in [0.5, 0.6) is 0 Å². The number of guanidine groups is 1. The van der Waals surface area contributed by atoms with Gasteiger partial charge in [0.25, 0.3) is 0 Å². The molecule has 2 N–H and O–H groups in total. The maximum atomic E-state index is 5.40. The van der Waals surface area contributed by atoms with Crippen LogP contribution in [-0.2, 0) is 6.54 Å².